The first kappa shape index (κ1) is 25.9. The third-order valence-electron chi connectivity index (χ3n) is 6.25. The second kappa shape index (κ2) is 13.3. The third-order valence-corrected chi connectivity index (χ3v) is 7.24. The highest BCUT2D eigenvalue weighted by Gasteiger charge is 2.30. The Morgan fingerprint density at radius 3 is 2.06 bits per heavy atom. The molecule has 2 amide bonds. The molecular formula is C27H36N2O4S. The van der Waals surface area contributed by atoms with Crippen LogP contribution in [0.1, 0.15) is 50.2 Å². The molecule has 34 heavy (non-hydrogen) atoms. The van der Waals surface area contributed by atoms with Gasteiger partial charge in [-0.05, 0) is 54.7 Å². The minimum Gasteiger partial charge on any atom is -0.497 e. The van der Waals surface area contributed by atoms with Gasteiger partial charge in [0.15, 0.2) is 0 Å². The number of amides is 2. The first-order valence-electron chi connectivity index (χ1n) is 12.0. The maximum Gasteiger partial charge on any atom is 0.243 e. The van der Waals surface area contributed by atoms with Crippen LogP contribution in [0.5, 0.6) is 11.5 Å². The topological polar surface area (TPSA) is 67.9 Å². The van der Waals surface area contributed by atoms with Crippen molar-refractivity contribution in [3.8, 4) is 11.5 Å². The van der Waals surface area contributed by atoms with E-state index >= 15 is 0 Å². The number of thioether (sulfide) groups is 1. The van der Waals surface area contributed by atoms with E-state index in [1.165, 1.54) is 0 Å². The monoisotopic (exact) mass is 484 g/mol. The van der Waals surface area contributed by atoms with Gasteiger partial charge < -0.3 is 19.7 Å². The molecule has 3 rings (SSSR count). The van der Waals surface area contributed by atoms with E-state index in [1.807, 2.05) is 55.5 Å². The average Bonchev–Trinajstić information content (AvgIpc) is 3.37. The summed E-state index contributed by atoms with van der Waals surface area (Å²) in [6.07, 6.45) is 4.92. The highest BCUT2D eigenvalue weighted by molar-refractivity contribution is 7.99. The lowest BCUT2D eigenvalue weighted by molar-refractivity contribution is -0.139. The average molecular weight is 485 g/mol. The normalized spacial score (nSPS) is 14.4. The van der Waals surface area contributed by atoms with E-state index in [0.29, 0.717) is 18.7 Å². The molecule has 1 atom stereocenters. The number of benzene rings is 2. The van der Waals surface area contributed by atoms with Crippen LogP contribution in [0.4, 0.5) is 0 Å². The van der Waals surface area contributed by atoms with Crippen molar-refractivity contribution in [2.45, 2.75) is 63.4 Å². The molecule has 1 saturated carbocycles. The number of nitrogens with one attached hydrogen (secondary N) is 1. The second-order valence-electron chi connectivity index (χ2n) is 8.62. The van der Waals surface area contributed by atoms with E-state index in [2.05, 4.69) is 5.32 Å². The number of rotatable bonds is 12. The number of hydrogen-bond acceptors (Lipinski definition) is 5. The molecule has 1 aliphatic carbocycles. The number of methoxy groups -OCH3 is 2. The SMILES string of the molecule is CC[C@H](C(=O)NC1CCCC1)N(Cc1ccc(OC)cc1)C(=O)CSCc1ccc(OC)cc1. The van der Waals surface area contributed by atoms with Gasteiger partial charge in [0, 0.05) is 18.3 Å². The van der Waals surface area contributed by atoms with Crippen molar-refractivity contribution >= 4 is 23.6 Å². The van der Waals surface area contributed by atoms with Crippen LogP contribution in [0.15, 0.2) is 48.5 Å². The van der Waals surface area contributed by atoms with Crippen molar-refractivity contribution in [1.82, 2.24) is 10.2 Å². The van der Waals surface area contributed by atoms with E-state index in [4.69, 9.17) is 9.47 Å². The summed E-state index contributed by atoms with van der Waals surface area (Å²) in [7, 11) is 3.28. The summed E-state index contributed by atoms with van der Waals surface area (Å²) in [5.74, 6) is 2.54. The molecule has 1 aliphatic rings. The van der Waals surface area contributed by atoms with Crippen molar-refractivity contribution in [3.05, 3.63) is 59.7 Å². The summed E-state index contributed by atoms with van der Waals surface area (Å²) in [5.41, 5.74) is 2.10. The minimum atomic E-state index is -0.489. The molecule has 0 aromatic heterocycles. The van der Waals surface area contributed by atoms with Gasteiger partial charge in [0.05, 0.1) is 20.0 Å². The van der Waals surface area contributed by atoms with Gasteiger partial charge in [0.25, 0.3) is 0 Å². The molecule has 184 valence electrons. The molecule has 0 unspecified atom stereocenters. The van der Waals surface area contributed by atoms with E-state index in [-0.39, 0.29) is 17.9 Å². The van der Waals surface area contributed by atoms with E-state index in [9.17, 15) is 9.59 Å². The van der Waals surface area contributed by atoms with E-state index in [1.54, 1.807) is 30.9 Å². The Kier molecular flexibility index (Phi) is 10.1. The zero-order valence-corrected chi connectivity index (χ0v) is 21.2. The van der Waals surface area contributed by atoms with Gasteiger partial charge in [-0.1, -0.05) is 44.0 Å². The van der Waals surface area contributed by atoms with Gasteiger partial charge in [0.1, 0.15) is 17.5 Å². The molecule has 0 bridgehead atoms. The van der Waals surface area contributed by atoms with Crippen molar-refractivity contribution < 1.29 is 19.1 Å². The van der Waals surface area contributed by atoms with Gasteiger partial charge in [-0.2, -0.15) is 0 Å². The summed E-state index contributed by atoms with van der Waals surface area (Å²) in [6, 6.07) is 15.3. The van der Waals surface area contributed by atoms with Gasteiger partial charge in [-0.25, -0.2) is 0 Å². The first-order valence-corrected chi connectivity index (χ1v) is 13.1. The molecule has 0 saturated heterocycles. The quantitative estimate of drug-likeness (QED) is 0.469. The van der Waals surface area contributed by atoms with Crippen LogP contribution in [-0.4, -0.2) is 48.8 Å². The fourth-order valence-electron chi connectivity index (χ4n) is 4.28. The molecule has 0 spiro atoms. The Balaban J connectivity index is 1.68. The minimum absolute atomic E-state index is 0.0252. The molecule has 0 heterocycles. The Morgan fingerprint density at radius 2 is 1.53 bits per heavy atom. The Morgan fingerprint density at radius 1 is 0.971 bits per heavy atom. The van der Waals surface area contributed by atoms with Gasteiger partial charge >= 0.3 is 0 Å². The van der Waals surface area contributed by atoms with Crippen LogP contribution >= 0.6 is 11.8 Å². The predicted molar refractivity (Wildman–Crippen MR) is 137 cm³/mol. The fourth-order valence-corrected chi connectivity index (χ4v) is 5.15. The predicted octanol–water partition coefficient (Wildman–Crippen LogP) is 4.80. The summed E-state index contributed by atoms with van der Waals surface area (Å²) in [5, 5.41) is 3.19. The summed E-state index contributed by atoms with van der Waals surface area (Å²) >= 11 is 1.56. The van der Waals surface area contributed by atoms with Crippen LogP contribution in [0.3, 0.4) is 0 Å². The van der Waals surface area contributed by atoms with Gasteiger partial charge in [-0.3, -0.25) is 9.59 Å². The first-order chi connectivity index (χ1) is 16.5. The van der Waals surface area contributed by atoms with Crippen molar-refractivity contribution in [3.63, 3.8) is 0 Å². The largest absolute Gasteiger partial charge is 0.497 e. The fraction of sp³-hybridized carbons (Fsp3) is 0.481. The number of nitrogens with zero attached hydrogens (tertiary/aromatic N) is 1. The highest BCUT2D eigenvalue weighted by Crippen LogP contribution is 2.22. The summed E-state index contributed by atoms with van der Waals surface area (Å²) in [4.78, 5) is 28.3. The van der Waals surface area contributed by atoms with Crippen molar-refractivity contribution in [1.29, 1.82) is 0 Å². The lowest BCUT2D eigenvalue weighted by Crippen LogP contribution is -2.51. The van der Waals surface area contributed by atoms with Crippen LogP contribution in [0.25, 0.3) is 0 Å². The summed E-state index contributed by atoms with van der Waals surface area (Å²) in [6.45, 7) is 2.36. The molecule has 7 heteroatoms. The number of carbonyl (C=O) groups is 2. The highest BCUT2D eigenvalue weighted by atomic mass is 32.2. The molecule has 2 aromatic rings. The molecule has 0 radical (unpaired) electrons. The lowest BCUT2D eigenvalue weighted by atomic mass is 10.1. The van der Waals surface area contributed by atoms with Crippen molar-refractivity contribution in [2.24, 2.45) is 0 Å². The van der Waals surface area contributed by atoms with Crippen LogP contribution in [-0.2, 0) is 21.9 Å². The molecule has 1 N–H and O–H groups in total. The van der Waals surface area contributed by atoms with Gasteiger partial charge in [-0.15, -0.1) is 11.8 Å². The smallest absolute Gasteiger partial charge is 0.243 e. The van der Waals surface area contributed by atoms with E-state index < -0.39 is 6.04 Å². The molecule has 0 aliphatic heterocycles. The van der Waals surface area contributed by atoms with Crippen molar-refractivity contribution in [2.75, 3.05) is 20.0 Å². The second-order valence-corrected chi connectivity index (χ2v) is 9.61. The molecular weight excluding hydrogens is 448 g/mol. The van der Waals surface area contributed by atoms with Crippen LogP contribution in [0, 0.1) is 0 Å². The Bertz CT molecular complexity index is 911. The summed E-state index contributed by atoms with van der Waals surface area (Å²) < 4.78 is 10.5. The standard InChI is InChI=1S/C27H36N2O4S/c1-4-25(27(31)28-22-7-5-6-8-22)29(17-20-9-13-23(32-2)14-10-20)26(30)19-34-18-21-11-15-24(33-3)16-12-21/h9-16,22,25H,4-8,17-19H2,1-3H3,(H,28,31)/t25-/m1/s1. The zero-order chi connectivity index (χ0) is 24.3. The van der Waals surface area contributed by atoms with Crippen LogP contribution < -0.4 is 14.8 Å². The molecule has 1 fully saturated rings. The van der Waals surface area contributed by atoms with Crippen LogP contribution in [0.2, 0.25) is 0 Å². The number of hydrogen-bond donors (Lipinski definition) is 1. The number of ether oxygens (including phenoxy) is 2. The maximum absolute atomic E-state index is 13.4. The maximum atomic E-state index is 13.4. The zero-order valence-electron chi connectivity index (χ0n) is 20.4. The Labute approximate surface area is 207 Å². The third kappa shape index (κ3) is 7.42. The lowest BCUT2D eigenvalue weighted by Gasteiger charge is -2.31. The van der Waals surface area contributed by atoms with E-state index in [0.717, 1.165) is 54.1 Å². The van der Waals surface area contributed by atoms with Gasteiger partial charge in [0.2, 0.25) is 11.8 Å². The Hall–Kier alpha value is -2.67. The molecule has 2 aromatic carbocycles. The molecule has 6 nitrogen and oxygen atoms in total. The number of carbonyl (C=O) groups excluding carboxylic acids is 2.